The molecule has 0 aliphatic heterocycles. The highest BCUT2D eigenvalue weighted by atomic mass is 32.2. The monoisotopic (exact) mass is 477 g/mol. The zero-order valence-corrected chi connectivity index (χ0v) is 20.3. The third-order valence-electron chi connectivity index (χ3n) is 5.09. The summed E-state index contributed by atoms with van der Waals surface area (Å²) < 4.78 is 30.3. The Morgan fingerprint density at radius 2 is 1.71 bits per heavy atom. The lowest BCUT2D eigenvalue weighted by Gasteiger charge is -2.21. The topological polar surface area (TPSA) is 106 Å². The maximum absolute atomic E-state index is 13.5. The third kappa shape index (κ3) is 4.85. The van der Waals surface area contributed by atoms with Crippen LogP contribution in [-0.2, 0) is 16.6 Å². The van der Waals surface area contributed by atoms with Gasteiger partial charge < -0.3 is 5.32 Å². The fourth-order valence-corrected chi connectivity index (χ4v) is 5.26. The number of fused-ring (bicyclic) bond motifs is 1. The lowest BCUT2D eigenvalue weighted by Crippen LogP contribution is -2.40. The molecule has 8 nitrogen and oxygen atoms in total. The molecule has 2 heterocycles. The van der Waals surface area contributed by atoms with Crippen LogP contribution in [0.5, 0.6) is 0 Å². The number of amides is 1. The number of hydrogen-bond acceptors (Lipinski definition) is 5. The molecule has 0 saturated heterocycles. The van der Waals surface area contributed by atoms with Gasteiger partial charge in [-0.1, -0.05) is 42.5 Å². The first-order valence-electron chi connectivity index (χ1n) is 11.0. The molecule has 0 aliphatic carbocycles. The number of benzene rings is 2. The summed E-state index contributed by atoms with van der Waals surface area (Å²) in [5, 5.41) is 7.75. The number of aromatic nitrogens is 3. The molecule has 0 bridgehead atoms. The minimum Gasteiger partial charge on any atom is -0.321 e. The predicted molar refractivity (Wildman–Crippen MR) is 133 cm³/mol. The molecule has 2 N–H and O–H groups in total. The van der Waals surface area contributed by atoms with E-state index in [0.717, 1.165) is 5.56 Å². The first-order chi connectivity index (χ1) is 16.1. The van der Waals surface area contributed by atoms with E-state index in [1.807, 2.05) is 37.3 Å². The highest BCUT2D eigenvalue weighted by molar-refractivity contribution is 7.89. The fourth-order valence-electron chi connectivity index (χ4n) is 3.68. The molecule has 0 saturated carbocycles. The van der Waals surface area contributed by atoms with E-state index in [4.69, 9.17) is 4.98 Å². The second-order valence-electron chi connectivity index (χ2n) is 8.92. The predicted octanol–water partition coefficient (Wildman–Crippen LogP) is 4.45. The van der Waals surface area contributed by atoms with Crippen LogP contribution in [0.3, 0.4) is 0 Å². The van der Waals surface area contributed by atoms with Crippen molar-refractivity contribution in [3.8, 4) is 11.3 Å². The second kappa shape index (κ2) is 9.00. The van der Waals surface area contributed by atoms with Crippen LogP contribution >= 0.6 is 0 Å². The normalized spacial score (nSPS) is 12.1. The largest absolute Gasteiger partial charge is 0.321 e. The molecule has 2 aromatic carbocycles. The third-order valence-corrected chi connectivity index (χ3v) is 6.90. The van der Waals surface area contributed by atoms with Crippen molar-refractivity contribution in [1.29, 1.82) is 0 Å². The Hall–Kier alpha value is -3.56. The number of pyridine rings is 1. The molecule has 0 unspecified atom stereocenters. The Kier molecular flexibility index (Phi) is 6.24. The van der Waals surface area contributed by atoms with Gasteiger partial charge in [-0.05, 0) is 45.9 Å². The molecular weight excluding hydrogens is 450 g/mol. The molecule has 2 aromatic heterocycles. The molecule has 34 heavy (non-hydrogen) atoms. The summed E-state index contributed by atoms with van der Waals surface area (Å²) >= 11 is 0. The van der Waals surface area contributed by atoms with Gasteiger partial charge >= 0.3 is 0 Å². The van der Waals surface area contributed by atoms with Crippen molar-refractivity contribution in [3.05, 3.63) is 72.4 Å². The Morgan fingerprint density at radius 1 is 1.03 bits per heavy atom. The van der Waals surface area contributed by atoms with E-state index in [2.05, 4.69) is 15.1 Å². The summed E-state index contributed by atoms with van der Waals surface area (Å²) in [5.74, 6) is -0.446. The maximum Gasteiger partial charge on any atom is 0.256 e. The highest BCUT2D eigenvalue weighted by Crippen LogP contribution is 2.27. The smallest absolute Gasteiger partial charge is 0.256 e. The van der Waals surface area contributed by atoms with Crippen molar-refractivity contribution >= 4 is 32.7 Å². The number of nitrogens with one attached hydrogen (secondary N) is 2. The number of para-hydroxylation sites is 1. The van der Waals surface area contributed by atoms with E-state index < -0.39 is 21.5 Å². The maximum atomic E-state index is 13.5. The first kappa shape index (κ1) is 23.6. The quantitative estimate of drug-likeness (QED) is 0.427. The first-order valence-corrected chi connectivity index (χ1v) is 12.4. The second-order valence-corrected chi connectivity index (χ2v) is 10.6. The summed E-state index contributed by atoms with van der Waals surface area (Å²) in [7, 11) is -3.86. The van der Waals surface area contributed by atoms with Gasteiger partial charge in [0.2, 0.25) is 10.0 Å². The average Bonchev–Trinajstić information content (AvgIpc) is 3.21. The van der Waals surface area contributed by atoms with E-state index in [1.165, 1.54) is 6.07 Å². The van der Waals surface area contributed by atoms with E-state index in [0.29, 0.717) is 28.8 Å². The highest BCUT2D eigenvalue weighted by Gasteiger charge is 2.26. The van der Waals surface area contributed by atoms with E-state index in [1.54, 1.807) is 55.9 Å². The molecule has 4 rings (SSSR count). The van der Waals surface area contributed by atoms with Gasteiger partial charge in [-0.25, -0.2) is 22.8 Å². The van der Waals surface area contributed by atoms with Crippen LogP contribution in [0.25, 0.3) is 22.3 Å². The summed E-state index contributed by atoms with van der Waals surface area (Å²) in [6, 6.07) is 17.6. The number of aryl methyl sites for hydroxylation is 1. The molecule has 0 fully saturated rings. The number of hydrogen-bond donors (Lipinski definition) is 2. The van der Waals surface area contributed by atoms with Crippen LogP contribution in [0.1, 0.15) is 38.1 Å². The Morgan fingerprint density at radius 3 is 2.38 bits per heavy atom. The van der Waals surface area contributed by atoms with Gasteiger partial charge in [-0.3, -0.25) is 4.79 Å². The van der Waals surface area contributed by atoms with Gasteiger partial charge in [0.15, 0.2) is 5.65 Å². The Bertz CT molecular complexity index is 1460. The van der Waals surface area contributed by atoms with E-state index in [9.17, 15) is 13.2 Å². The number of rotatable bonds is 6. The molecular formula is C25H27N5O3S. The van der Waals surface area contributed by atoms with Crippen LogP contribution in [0.15, 0.2) is 71.8 Å². The van der Waals surface area contributed by atoms with Crippen LogP contribution in [0.2, 0.25) is 0 Å². The molecule has 1 amide bonds. The number of anilines is 1. The molecule has 0 radical (unpaired) electrons. The van der Waals surface area contributed by atoms with E-state index >= 15 is 0 Å². The minimum atomic E-state index is -3.86. The standard InChI is InChI=1S/C25H27N5O3S/c1-5-30-23-19(16-26-30)18(15-21(27-23)17-11-7-6-8-12-17)24(31)28-20-13-9-10-14-22(20)34(32,33)29-25(2,3)4/h6-16,29H,5H2,1-4H3,(H,28,31). The van der Waals surface area contributed by atoms with Crippen molar-refractivity contribution in [3.63, 3.8) is 0 Å². The molecule has 4 aromatic rings. The molecule has 0 atom stereocenters. The Balaban J connectivity index is 1.79. The van der Waals surface area contributed by atoms with Crippen molar-refractivity contribution in [2.24, 2.45) is 0 Å². The lowest BCUT2D eigenvalue weighted by molar-refractivity contribution is 0.102. The van der Waals surface area contributed by atoms with Crippen LogP contribution in [0, 0.1) is 0 Å². The van der Waals surface area contributed by atoms with Gasteiger partial charge in [-0.15, -0.1) is 0 Å². The van der Waals surface area contributed by atoms with Crippen molar-refractivity contribution < 1.29 is 13.2 Å². The molecule has 176 valence electrons. The van der Waals surface area contributed by atoms with Crippen molar-refractivity contribution in [2.75, 3.05) is 5.32 Å². The average molecular weight is 478 g/mol. The number of nitrogens with zero attached hydrogens (tertiary/aromatic N) is 3. The van der Waals surface area contributed by atoms with Gasteiger partial charge in [0, 0.05) is 17.6 Å². The lowest BCUT2D eigenvalue weighted by atomic mass is 10.1. The zero-order chi connectivity index (χ0) is 24.5. The summed E-state index contributed by atoms with van der Waals surface area (Å²) in [6.45, 7) is 7.82. The zero-order valence-electron chi connectivity index (χ0n) is 19.5. The Labute approximate surface area is 199 Å². The van der Waals surface area contributed by atoms with Crippen molar-refractivity contribution in [1.82, 2.24) is 19.5 Å². The fraction of sp³-hybridized carbons (Fsp3) is 0.240. The number of carbonyl (C=O) groups excluding carboxylic acids is 1. The summed E-state index contributed by atoms with van der Waals surface area (Å²) in [4.78, 5) is 18.2. The summed E-state index contributed by atoms with van der Waals surface area (Å²) in [6.07, 6.45) is 1.61. The SMILES string of the molecule is CCn1ncc2c(C(=O)Nc3ccccc3S(=O)(=O)NC(C)(C)C)cc(-c3ccccc3)nc21. The van der Waals surface area contributed by atoms with Crippen LogP contribution < -0.4 is 10.0 Å². The van der Waals surface area contributed by atoms with Crippen LogP contribution in [-0.4, -0.2) is 34.6 Å². The van der Waals surface area contributed by atoms with Gasteiger partial charge in [0.1, 0.15) is 4.90 Å². The molecule has 9 heteroatoms. The number of carbonyl (C=O) groups is 1. The van der Waals surface area contributed by atoms with Crippen molar-refractivity contribution in [2.45, 2.75) is 44.7 Å². The van der Waals surface area contributed by atoms with Gasteiger partial charge in [0.05, 0.1) is 28.5 Å². The summed E-state index contributed by atoms with van der Waals surface area (Å²) in [5.41, 5.74) is 1.96. The minimum absolute atomic E-state index is 0.00360. The van der Waals surface area contributed by atoms with Gasteiger partial charge in [0.25, 0.3) is 5.91 Å². The van der Waals surface area contributed by atoms with E-state index in [-0.39, 0.29) is 10.6 Å². The van der Waals surface area contributed by atoms with Crippen LogP contribution in [0.4, 0.5) is 5.69 Å². The molecule has 0 spiro atoms. The van der Waals surface area contributed by atoms with Gasteiger partial charge in [-0.2, -0.15) is 5.10 Å². The molecule has 0 aliphatic rings. The number of sulfonamides is 1.